The highest BCUT2D eigenvalue weighted by Gasteiger charge is 2.51. The molecule has 2 aliphatic rings. The van der Waals surface area contributed by atoms with Crippen molar-refractivity contribution in [2.24, 2.45) is 5.41 Å². The maximum atomic E-state index is 7.02. The molecule has 1 aliphatic carbocycles. The normalized spacial score (nSPS) is 16.9. The van der Waals surface area contributed by atoms with Crippen LogP contribution in [0.25, 0.3) is 21.4 Å². The Labute approximate surface area is 216 Å². The number of hydrogen-bond donors (Lipinski definition) is 0. The molecule has 36 heavy (non-hydrogen) atoms. The average Bonchev–Trinajstić information content (AvgIpc) is 3.16. The summed E-state index contributed by atoms with van der Waals surface area (Å²) in [6.07, 6.45) is 0. The Morgan fingerprint density at radius 1 is 0.778 bits per heavy atom. The molecular formula is C33H25ClO2. The zero-order valence-corrected chi connectivity index (χ0v) is 21.0. The van der Waals surface area contributed by atoms with Crippen molar-refractivity contribution in [3.8, 4) is 11.8 Å². The lowest BCUT2D eigenvalue weighted by Crippen LogP contribution is -2.44. The summed E-state index contributed by atoms with van der Waals surface area (Å²) in [5.41, 5.74) is 8.90. The molecule has 3 heteroatoms. The van der Waals surface area contributed by atoms with Crippen LogP contribution in [-0.2, 0) is 15.3 Å². The van der Waals surface area contributed by atoms with Gasteiger partial charge in [-0.1, -0.05) is 116 Å². The van der Waals surface area contributed by atoms with Crippen LogP contribution in [-0.4, -0.2) is 13.2 Å². The number of hydrogen-bond acceptors (Lipinski definition) is 2. The molecule has 2 nitrogen and oxygen atoms in total. The molecule has 0 atom stereocenters. The Balaban J connectivity index is 1.55. The van der Waals surface area contributed by atoms with Crippen LogP contribution in [0.4, 0.5) is 0 Å². The number of halogens is 1. The molecule has 1 spiro atoms. The molecule has 0 amide bonds. The third-order valence-electron chi connectivity index (χ3n) is 6.70. The smallest absolute Gasteiger partial charge is 0.231 e. The third kappa shape index (κ3) is 3.88. The van der Waals surface area contributed by atoms with Crippen LogP contribution in [0.1, 0.15) is 41.7 Å². The summed E-state index contributed by atoms with van der Waals surface area (Å²) in [7, 11) is 0. The number of fused-ring (bicyclic) bond motifs is 1. The maximum Gasteiger partial charge on any atom is 0.231 e. The second-order valence-corrected chi connectivity index (χ2v) is 10.4. The van der Waals surface area contributed by atoms with Crippen molar-refractivity contribution >= 4 is 33.0 Å². The van der Waals surface area contributed by atoms with E-state index >= 15 is 0 Å². The van der Waals surface area contributed by atoms with E-state index in [1.807, 2.05) is 54.6 Å². The lowest BCUT2D eigenvalue weighted by Gasteiger charge is -2.42. The fraction of sp³-hybridized carbons (Fsp3) is 0.182. The molecule has 176 valence electrons. The summed E-state index contributed by atoms with van der Waals surface area (Å²) < 4.78 is 13.2. The quantitative estimate of drug-likeness (QED) is 0.201. The number of ether oxygens (including phenoxy) is 2. The summed E-state index contributed by atoms with van der Waals surface area (Å²) in [6.45, 7) is 5.44. The van der Waals surface area contributed by atoms with Crippen LogP contribution in [0.5, 0.6) is 0 Å². The van der Waals surface area contributed by atoms with E-state index in [0.717, 1.165) is 44.2 Å². The van der Waals surface area contributed by atoms with Gasteiger partial charge in [0.1, 0.15) is 0 Å². The minimum absolute atomic E-state index is 0.0772. The summed E-state index contributed by atoms with van der Waals surface area (Å²) in [4.78, 5) is 0. The molecule has 0 radical (unpaired) electrons. The van der Waals surface area contributed by atoms with Crippen molar-refractivity contribution in [3.63, 3.8) is 0 Å². The molecule has 4 aromatic carbocycles. The molecular weight excluding hydrogens is 464 g/mol. The summed E-state index contributed by atoms with van der Waals surface area (Å²) in [5.74, 6) is 5.49. The van der Waals surface area contributed by atoms with Gasteiger partial charge in [-0.25, -0.2) is 0 Å². The summed E-state index contributed by atoms with van der Waals surface area (Å²) in [5, 5.41) is 2.75. The Morgan fingerprint density at radius 3 is 2.25 bits per heavy atom. The second kappa shape index (κ2) is 8.82. The van der Waals surface area contributed by atoms with Crippen LogP contribution in [0.3, 0.4) is 0 Å². The highest BCUT2D eigenvalue weighted by molar-refractivity contribution is 6.49. The minimum atomic E-state index is -1.04. The predicted octanol–water partition coefficient (Wildman–Crippen LogP) is 7.74. The van der Waals surface area contributed by atoms with E-state index in [4.69, 9.17) is 21.1 Å². The first-order chi connectivity index (χ1) is 17.5. The summed E-state index contributed by atoms with van der Waals surface area (Å²) >= 11 is 7.02. The van der Waals surface area contributed by atoms with Crippen molar-refractivity contribution in [2.75, 3.05) is 13.2 Å². The molecule has 4 aromatic rings. The van der Waals surface area contributed by atoms with Gasteiger partial charge in [-0.2, -0.15) is 0 Å². The van der Waals surface area contributed by atoms with Gasteiger partial charge >= 0.3 is 0 Å². The fourth-order valence-corrected chi connectivity index (χ4v) is 5.14. The Morgan fingerprint density at radius 2 is 1.47 bits per heavy atom. The average molecular weight is 489 g/mol. The van der Waals surface area contributed by atoms with Gasteiger partial charge in [0.25, 0.3) is 0 Å². The predicted molar refractivity (Wildman–Crippen MR) is 146 cm³/mol. The first-order valence-corrected chi connectivity index (χ1v) is 12.5. The Bertz CT molecular complexity index is 1600. The van der Waals surface area contributed by atoms with Crippen molar-refractivity contribution in [3.05, 3.63) is 125 Å². The SMILES string of the molecule is CC1(C)COC2(OC1)C(=C=C(Cl)c1ccccc1C#Cc1ccccc1)c1cccc3cccc2c13. The standard InChI is InChI=1S/C33H25ClO2/c1-32(2)21-35-33(36-22-32)28-17-9-14-25-13-8-16-27(31(25)28)29(33)20-30(34)26-15-7-6-12-24(26)19-18-23-10-4-3-5-11-23/h3-17H,21-22H2,1-2H3. The molecule has 1 fully saturated rings. The topological polar surface area (TPSA) is 18.5 Å². The molecule has 1 heterocycles. The van der Waals surface area contributed by atoms with Crippen molar-refractivity contribution < 1.29 is 9.47 Å². The molecule has 0 saturated carbocycles. The summed E-state index contributed by atoms with van der Waals surface area (Å²) in [6, 6.07) is 30.4. The Hall–Kier alpha value is -3.57. The molecule has 6 rings (SSSR count). The zero-order valence-electron chi connectivity index (χ0n) is 20.3. The van der Waals surface area contributed by atoms with E-state index in [2.05, 4.69) is 67.8 Å². The van der Waals surface area contributed by atoms with Gasteiger partial charge in [-0.05, 0) is 34.5 Å². The molecule has 0 unspecified atom stereocenters. The van der Waals surface area contributed by atoms with E-state index in [9.17, 15) is 0 Å². The van der Waals surface area contributed by atoms with E-state index < -0.39 is 5.79 Å². The van der Waals surface area contributed by atoms with Crippen LogP contribution < -0.4 is 0 Å². The Kier molecular flexibility index (Phi) is 5.60. The zero-order chi connectivity index (χ0) is 24.8. The van der Waals surface area contributed by atoms with Crippen molar-refractivity contribution in [1.29, 1.82) is 0 Å². The first kappa shape index (κ1) is 22.9. The fourth-order valence-electron chi connectivity index (χ4n) is 4.88. The van der Waals surface area contributed by atoms with Crippen molar-refractivity contribution in [1.82, 2.24) is 0 Å². The minimum Gasteiger partial charge on any atom is -0.341 e. The van der Waals surface area contributed by atoms with Crippen LogP contribution in [0, 0.1) is 17.3 Å². The van der Waals surface area contributed by atoms with Gasteiger partial charge in [0.05, 0.1) is 23.8 Å². The lowest BCUT2D eigenvalue weighted by atomic mass is 9.92. The van der Waals surface area contributed by atoms with Gasteiger partial charge in [0.2, 0.25) is 5.79 Å². The highest BCUT2D eigenvalue weighted by Crippen LogP contribution is 2.54. The molecule has 1 saturated heterocycles. The second-order valence-electron chi connectivity index (χ2n) is 10.0. The van der Waals surface area contributed by atoms with Gasteiger partial charge in [-0.3, -0.25) is 0 Å². The van der Waals surface area contributed by atoms with E-state index in [0.29, 0.717) is 18.2 Å². The molecule has 0 N–H and O–H groups in total. The highest BCUT2D eigenvalue weighted by atomic mass is 35.5. The maximum absolute atomic E-state index is 7.02. The van der Waals surface area contributed by atoms with Gasteiger partial charge < -0.3 is 9.47 Å². The molecule has 0 aromatic heterocycles. The first-order valence-electron chi connectivity index (χ1n) is 12.1. The monoisotopic (exact) mass is 488 g/mol. The van der Waals surface area contributed by atoms with E-state index in [1.54, 1.807) is 0 Å². The number of rotatable bonds is 1. The number of benzene rings is 4. The molecule has 1 aliphatic heterocycles. The van der Waals surface area contributed by atoms with Gasteiger partial charge in [0.15, 0.2) is 0 Å². The largest absolute Gasteiger partial charge is 0.341 e. The van der Waals surface area contributed by atoms with Crippen molar-refractivity contribution in [2.45, 2.75) is 19.6 Å². The van der Waals surface area contributed by atoms with Crippen LogP contribution in [0.15, 0.2) is 96.7 Å². The van der Waals surface area contributed by atoms with Crippen LogP contribution in [0.2, 0.25) is 0 Å². The molecule has 0 bridgehead atoms. The van der Waals surface area contributed by atoms with E-state index in [-0.39, 0.29) is 5.41 Å². The van der Waals surface area contributed by atoms with Gasteiger partial charge in [0, 0.05) is 27.7 Å². The third-order valence-corrected chi connectivity index (χ3v) is 7.00. The van der Waals surface area contributed by atoms with E-state index in [1.165, 1.54) is 0 Å². The lowest BCUT2D eigenvalue weighted by molar-refractivity contribution is -0.271. The van der Waals surface area contributed by atoms with Gasteiger partial charge in [-0.15, -0.1) is 0 Å². The van der Waals surface area contributed by atoms with Crippen LogP contribution >= 0.6 is 11.6 Å².